The molecule has 0 bridgehead atoms. The molecule has 1 saturated heterocycles. The van der Waals surface area contributed by atoms with Crippen molar-refractivity contribution in [1.82, 2.24) is 5.06 Å². The van der Waals surface area contributed by atoms with Crippen LogP contribution in [0.15, 0.2) is 0 Å². The summed E-state index contributed by atoms with van der Waals surface area (Å²) in [6.07, 6.45) is 3.69. The van der Waals surface area contributed by atoms with E-state index in [9.17, 15) is 5.21 Å². The van der Waals surface area contributed by atoms with Gasteiger partial charge in [0.2, 0.25) is 0 Å². The molecule has 2 unspecified atom stereocenters. The highest BCUT2D eigenvalue weighted by molar-refractivity contribution is 4.72. The van der Waals surface area contributed by atoms with Gasteiger partial charge in [0.15, 0.2) is 0 Å². The molecule has 0 saturated carbocycles. The molecule has 0 spiro atoms. The predicted molar refractivity (Wildman–Crippen MR) is 45.5 cm³/mol. The third kappa shape index (κ3) is 2.46. The molecule has 1 aliphatic heterocycles. The molecule has 2 heteroatoms. The van der Waals surface area contributed by atoms with Crippen molar-refractivity contribution in [3.63, 3.8) is 0 Å². The number of nitrogens with zero attached hydrogens (tertiary/aromatic N) is 1. The van der Waals surface area contributed by atoms with E-state index in [2.05, 4.69) is 13.8 Å². The van der Waals surface area contributed by atoms with Crippen LogP contribution >= 0.6 is 0 Å². The van der Waals surface area contributed by atoms with Crippen LogP contribution in [0.1, 0.15) is 33.1 Å². The molecule has 1 aliphatic rings. The first-order valence-electron chi connectivity index (χ1n) is 4.67. The van der Waals surface area contributed by atoms with Crippen molar-refractivity contribution in [3.05, 3.63) is 0 Å². The van der Waals surface area contributed by atoms with Gasteiger partial charge in [0.1, 0.15) is 0 Å². The van der Waals surface area contributed by atoms with Crippen molar-refractivity contribution in [2.75, 3.05) is 13.1 Å². The van der Waals surface area contributed by atoms with Gasteiger partial charge in [-0.25, -0.2) is 0 Å². The van der Waals surface area contributed by atoms with Crippen LogP contribution in [0.25, 0.3) is 0 Å². The van der Waals surface area contributed by atoms with Gasteiger partial charge in [-0.1, -0.05) is 20.3 Å². The zero-order chi connectivity index (χ0) is 8.27. The third-order valence-electron chi connectivity index (χ3n) is 2.89. The lowest BCUT2D eigenvalue weighted by atomic mass is 9.86. The summed E-state index contributed by atoms with van der Waals surface area (Å²) in [5, 5.41) is 10.7. The van der Waals surface area contributed by atoms with Gasteiger partial charge in [0.05, 0.1) is 0 Å². The molecule has 0 aromatic carbocycles. The van der Waals surface area contributed by atoms with E-state index >= 15 is 0 Å². The Hall–Kier alpha value is -0.0800. The van der Waals surface area contributed by atoms with Crippen LogP contribution in [0.5, 0.6) is 0 Å². The molecule has 1 heterocycles. The number of hydrogen-bond acceptors (Lipinski definition) is 2. The van der Waals surface area contributed by atoms with Crippen molar-refractivity contribution in [3.8, 4) is 0 Å². The van der Waals surface area contributed by atoms with Gasteiger partial charge < -0.3 is 5.21 Å². The molecule has 0 aromatic rings. The number of hydrogen-bond donors (Lipinski definition) is 1. The van der Waals surface area contributed by atoms with E-state index in [1.165, 1.54) is 17.9 Å². The quantitative estimate of drug-likeness (QED) is 0.663. The van der Waals surface area contributed by atoms with Crippen LogP contribution in [0.4, 0.5) is 0 Å². The molecule has 2 atom stereocenters. The minimum Gasteiger partial charge on any atom is -0.314 e. The second-order valence-corrected chi connectivity index (χ2v) is 3.70. The molecule has 66 valence electrons. The second kappa shape index (κ2) is 4.07. The summed E-state index contributed by atoms with van der Waals surface area (Å²) in [6, 6.07) is 0. The second-order valence-electron chi connectivity index (χ2n) is 3.70. The largest absolute Gasteiger partial charge is 0.314 e. The van der Waals surface area contributed by atoms with Crippen LogP contribution in [0.2, 0.25) is 0 Å². The fraction of sp³-hybridized carbons (Fsp3) is 1.00. The summed E-state index contributed by atoms with van der Waals surface area (Å²) in [5.74, 6) is 1.49. The maximum absolute atomic E-state index is 9.26. The highest BCUT2D eigenvalue weighted by atomic mass is 16.5. The van der Waals surface area contributed by atoms with E-state index < -0.39 is 0 Å². The predicted octanol–water partition coefficient (Wildman–Crippen LogP) is 2.13. The van der Waals surface area contributed by atoms with Crippen LogP contribution in [-0.2, 0) is 0 Å². The molecular weight excluding hydrogens is 138 g/mol. The lowest BCUT2D eigenvalue weighted by Gasteiger charge is -2.31. The van der Waals surface area contributed by atoms with E-state index in [1.54, 1.807) is 0 Å². The highest BCUT2D eigenvalue weighted by Crippen LogP contribution is 2.24. The molecular formula is C9H19NO. The molecule has 2 nitrogen and oxygen atoms in total. The Bertz CT molecular complexity index is 116. The fourth-order valence-corrected chi connectivity index (χ4v) is 1.79. The molecule has 11 heavy (non-hydrogen) atoms. The van der Waals surface area contributed by atoms with Crippen LogP contribution < -0.4 is 0 Å². The van der Waals surface area contributed by atoms with Gasteiger partial charge in [-0.05, 0) is 24.7 Å². The number of piperidine rings is 1. The van der Waals surface area contributed by atoms with Crippen molar-refractivity contribution in [2.45, 2.75) is 33.1 Å². The molecule has 1 N–H and O–H groups in total. The van der Waals surface area contributed by atoms with E-state index in [0.29, 0.717) is 0 Å². The van der Waals surface area contributed by atoms with Crippen LogP contribution in [0, 0.1) is 11.8 Å². The first-order chi connectivity index (χ1) is 5.24. The Kier molecular flexibility index (Phi) is 3.34. The van der Waals surface area contributed by atoms with Crippen molar-refractivity contribution in [1.29, 1.82) is 0 Å². The molecule has 1 fully saturated rings. The summed E-state index contributed by atoms with van der Waals surface area (Å²) in [6.45, 7) is 6.26. The zero-order valence-corrected chi connectivity index (χ0v) is 7.58. The van der Waals surface area contributed by atoms with Crippen molar-refractivity contribution in [2.24, 2.45) is 11.8 Å². The Morgan fingerprint density at radius 2 is 2.36 bits per heavy atom. The van der Waals surface area contributed by atoms with E-state index in [4.69, 9.17) is 0 Å². The fourth-order valence-electron chi connectivity index (χ4n) is 1.79. The van der Waals surface area contributed by atoms with E-state index in [1.807, 2.05) is 0 Å². The normalized spacial score (nSPS) is 30.3. The van der Waals surface area contributed by atoms with Gasteiger partial charge in [-0.3, -0.25) is 0 Å². The standard InChI is InChI=1S/C9H19NO/c1-3-8(2)9-5-4-6-10(11)7-9/h8-9,11H,3-7H2,1-2H3. The minimum absolute atomic E-state index is 0.721. The molecule has 0 aliphatic carbocycles. The first-order valence-corrected chi connectivity index (χ1v) is 4.67. The molecule has 0 amide bonds. The lowest BCUT2D eigenvalue weighted by Crippen LogP contribution is -2.35. The summed E-state index contributed by atoms with van der Waals surface area (Å²) in [7, 11) is 0. The van der Waals surface area contributed by atoms with E-state index in [0.717, 1.165) is 31.3 Å². The average molecular weight is 157 g/mol. The van der Waals surface area contributed by atoms with Gasteiger partial charge in [0, 0.05) is 13.1 Å². The van der Waals surface area contributed by atoms with Crippen molar-refractivity contribution >= 4 is 0 Å². The molecule has 0 radical (unpaired) electrons. The van der Waals surface area contributed by atoms with Gasteiger partial charge in [0.25, 0.3) is 0 Å². The number of rotatable bonds is 2. The SMILES string of the molecule is CCC(C)C1CCCN(O)C1. The summed E-state index contributed by atoms with van der Waals surface area (Å²) in [4.78, 5) is 0. The van der Waals surface area contributed by atoms with Crippen LogP contribution in [0.3, 0.4) is 0 Å². The Morgan fingerprint density at radius 1 is 1.64 bits per heavy atom. The first kappa shape index (κ1) is 9.01. The monoisotopic (exact) mass is 157 g/mol. The Balaban J connectivity index is 2.33. The smallest absolute Gasteiger partial charge is 0.0269 e. The molecule has 0 aromatic heterocycles. The van der Waals surface area contributed by atoms with Crippen molar-refractivity contribution < 1.29 is 5.21 Å². The highest BCUT2D eigenvalue weighted by Gasteiger charge is 2.22. The molecule has 1 rings (SSSR count). The topological polar surface area (TPSA) is 23.5 Å². The summed E-state index contributed by atoms with van der Waals surface area (Å²) < 4.78 is 0. The number of hydroxylamine groups is 2. The summed E-state index contributed by atoms with van der Waals surface area (Å²) in [5.41, 5.74) is 0. The van der Waals surface area contributed by atoms with Gasteiger partial charge in [-0.2, -0.15) is 5.06 Å². The van der Waals surface area contributed by atoms with E-state index in [-0.39, 0.29) is 0 Å². The van der Waals surface area contributed by atoms with Crippen LogP contribution in [-0.4, -0.2) is 23.4 Å². The zero-order valence-electron chi connectivity index (χ0n) is 7.58. The maximum Gasteiger partial charge on any atom is 0.0269 e. The third-order valence-corrected chi connectivity index (χ3v) is 2.89. The van der Waals surface area contributed by atoms with Gasteiger partial charge in [-0.15, -0.1) is 0 Å². The summed E-state index contributed by atoms with van der Waals surface area (Å²) >= 11 is 0. The minimum atomic E-state index is 0.721. The van der Waals surface area contributed by atoms with Gasteiger partial charge >= 0.3 is 0 Å². The maximum atomic E-state index is 9.26. The average Bonchev–Trinajstić information content (AvgIpc) is 2.03. The Labute approximate surface area is 69.2 Å². The Morgan fingerprint density at radius 3 is 2.91 bits per heavy atom. The lowest BCUT2D eigenvalue weighted by molar-refractivity contribution is -0.123.